The van der Waals surface area contributed by atoms with Crippen LogP contribution in [-0.4, -0.2) is 62.3 Å². The summed E-state index contributed by atoms with van der Waals surface area (Å²) >= 11 is 0. The Morgan fingerprint density at radius 1 is 1.19 bits per heavy atom. The van der Waals surface area contributed by atoms with Gasteiger partial charge in [0.2, 0.25) is 11.8 Å². The summed E-state index contributed by atoms with van der Waals surface area (Å²) in [6.45, 7) is 4.47. The van der Waals surface area contributed by atoms with E-state index >= 15 is 0 Å². The molecule has 2 aliphatic rings. The first kappa shape index (κ1) is 19.4. The van der Waals surface area contributed by atoms with E-state index in [1.807, 2.05) is 6.92 Å². The fourth-order valence-corrected chi connectivity index (χ4v) is 3.33. The topological polar surface area (TPSA) is 103 Å². The highest BCUT2D eigenvalue weighted by atomic mass is 16.6. The van der Waals surface area contributed by atoms with Crippen LogP contribution in [0.15, 0.2) is 18.2 Å². The highest BCUT2D eigenvalue weighted by molar-refractivity contribution is 5.95. The highest BCUT2D eigenvalue weighted by Crippen LogP contribution is 2.32. The molecule has 1 aromatic carbocycles. The van der Waals surface area contributed by atoms with Gasteiger partial charge in [-0.15, -0.1) is 0 Å². The van der Waals surface area contributed by atoms with E-state index in [9.17, 15) is 9.59 Å². The SMILES string of the molecule is CCN(CC(=O)Nc1ccc2c(c1)OCCO2)C(=O)C(N)C1CCOCC1. The van der Waals surface area contributed by atoms with E-state index in [1.165, 1.54) is 4.90 Å². The number of benzene rings is 1. The highest BCUT2D eigenvalue weighted by Gasteiger charge is 2.30. The molecule has 1 atom stereocenters. The van der Waals surface area contributed by atoms with Gasteiger partial charge in [0, 0.05) is 31.5 Å². The van der Waals surface area contributed by atoms with Crippen LogP contribution in [0.25, 0.3) is 0 Å². The fraction of sp³-hybridized carbons (Fsp3) is 0.579. The Bertz CT molecular complexity index is 675. The minimum atomic E-state index is -0.601. The van der Waals surface area contributed by atoms with Crippen LogP contribution in [-0.2, 0) is 14.3 Å². The van der Waals surface area contributed by atoms with Crippen molar-refractivity contribution >= 4 is 17.5 Å². The largest absolute Gasteiger partial charge is 0.486 e. The van der Waals surface area contributed by atoms with E-state index in [4.69, 9.17) is 19.9 Å². The van der Waals surface area contributed by atoms with Gasteiger partial charge in [0.15, 0.2) is 11.5 Å². The standard InChI is InChI=1S/C19H27N3O5/c1-2-22(19(24)18(20)13-5-7-25-8-6-13)12-17(23)21-14-3-4-15-16(11-14)27-10-9-26-15/h3-4,11,13,18H,2,5-10,12,20H2,1H3,(H,21,23). The Balaban J connectivity index is 1.57. The fourth-order valence-electron chi connectivity index (χ4n) is 3.33. The molecule has 0 saturated carbocycles. The van der Waals surface area contributed by atoms with Crippen LogP contribution in [0.1, 0.15) is 19.8 Å². The van der Waals surface area contributed by atoms with Crippen LogP contribution in [0.2, 0.25) is 0 Å². The van der Waals surface area contributed by atoms with Crippen molar-refractivity contribution in [3.05, 3.63) is 18.2 Å². The summed E-state index contributed by atoms with van der Waals surface area (Å²) in [6, 6.07) is 4.62. The molecule has 0 bridgehead atoms. The number of amides is 2. The molecule has 1 unspecified atom stereocenters. The van der Waals surface area contributed by atoms with E-state index in [1.54, 1.807) is 18.2 Å². The third-order valence-corrected chi connectivity index (χ3v) is 4.91. The van der Waals surface area contributed by atoms with Crippen molar-refractivity contribution in [1.82, 2.24) is 4.90 Å². The van der Waals surface area contributed by atoms with E-state index in [-0.39, 0.29) is 24.3 Å². The van der Waals surface area contributed by atoms with Crippen molar-refractivity contribution in [1.29, 1.82) is 0 Å². The number of hydrogen-bond donors (Lipinski definition) is 2. The third kappa shape index (κ3) is 4.90. The van der Waals surface area contributed by atoms with Crippen LogP contribution < -0.4 is 20.5 Å². The molecule has 0 radical (unpaired) electrons. The molecule has 8 nitrogen and oxygen atoms in total. The lowest BCUT2D eigenvalue weighted by molar-refractivity contribution is -0.137. The molecule has 1 fully saturated rings. The van der Waals surface area contributed by atoms with Gasteiger partial charge < -0.3 is 30.2 Å². The number of nitrogens with zero attached hydrogens (tertiary/aromatic N) is 1. The first-order valence-corrected chi connectivity index (χ1v) is 9.40. The number of likely N-dealkylation sites (N-methyl/N-ethyl adjacent to an activating group) is 1. The number of ether oxygens (including phenoxy) is 3. The molecular formula is C19H27N3O5. The van der Waals surface area contributed by atoms with Crippen LogP contribution in [0.5, 0.6) is 11.5 Å². The van der Waals surface area contributed by atoms with Gasteiger partial charge >= 0.3 is 0 Å². The monoisotopic (exact) mass is 377 g/mol. The number of fused-ring (bicyclic) bond motifs is 1. The molecule has 2 amide bonds. The Labute approximate surface area is 158 Å². The van der Waals surface area contributed by atoms with Crippen LogP contribution in [0.3, 0.4) is 0 Å². The Morgan fingerprint density at radius 2 is 1.89 bits per heavy atom. The Kier molecular flexibility index (Phi) is 6.52. The molecule has 3 rings (SSSR count). The van der Waals surface area contributed by atoms with E-state index < -0.39 is 6.04 Å². The van der Waals surface area contributed by atoms with Gasteiger partial charge in [-0.05, 0) is 37.8 Å². The Hall–Kier alpha value is -2.32. The number of anilines is 1. The van der Waals surface area contributed by atoms with Gasteiger partial charge in [-0.1, -0.05) is 0 Å². The molecule has 0 aromatic heterocycles. The minimum Gasteiger partial charge on any atom is -0.486 e. The second kappa shape index (κ2) is 9.05. The molecule has 27 heavy (non-hydrogen) atoms. The van der Waals surface area contributed by atoms with Gasteiger partial charge in [0.25, 0.3) is 0 Å². The lowest BCUT2D eigenvalue weighted by Crippen LogP contribution is -2.50. The Morgan fingerprint density at radius 3 is 2.59 bits per heavy atom. The first-order valence-electron chi connectivity index (χ1n) is 9.40. The van der Waals surface area contributed by atoms with Gasteiger partial charge in [-0.2, -0.15) is 0 Å². The number of carbonyl (C=O) groups is 2. The zero-order valence-corrected chi connectivity index (χ0v) is 15.6. The van der Waals surface area contributed by atoms with Crippen molar-refractivity contribution < 1.29 is 23.8 Å². The summed E-state index contributed by atoms with van der Waals surface area (Å²) in [5, 5.41) is 2.80. The van der Waals surface area contributed by atoms with E-state index in [0.717, 1.165) is 12.8 Å². The van der Waals surface area contributed by atoms with Crippen molar-refractivity contribution in [2.24, 2.45) is 11.7 Å². The summed E-state index contributed by atoms with van der Waals surface area (Å²) in [4.78, 5) is 26.6. The summed E-state index contributed by atoms with van der Waals surface area (Å²) in [5.41, 5.74) is 6.76. The summed E-state index contributed by atoms with van der Waals surface area (Å²) in [5.74, 6) is 0.889. The second-order valence-electron chi connectivity index (χ2n) is 6.73. The quantitative estimate of drug-likeness (QED) is 0.767. The zero-order chi connectivity index (χ0) is 19.2. The summed E-state index contributed by atoms with van der Waals surface area (Å²) in [7, 11) is 0. The van der Waals surface area contributed by atoms with Crippen LogP contribution in [0, 0.1) is 5.92 Å². The number of rotatable bonds is 6. The van der Waals surface area contributed by atoms with E-state index in [2.05, 4.69) is 5.32 Å². The molecular weight excluding hydrogens is 350 g/mol. The number of nitrogens with two attached hydrogens (primary N) is 1. The maximum Gasteiger partial charge on any atom is 0.243 e. The maximum absolute atomic E-state index is 12.7. The molecule has 148 valence electrons. The van der Waals surface area contributed by atoms with Crippen LogP contribution in [0.4, 0.5) is 5.69 Å². The average Bonchev–Trinajstić information content (AvgIpc) is 2.71. The van der Waals surface area contributed by atoms with Gasteiger partial charge in [-0.25, -0.2) is 0 Å². The predicted molar refractivity (Wildman–Crippen MR) is 99.8 cm³/mol. The second-order valence-corrected chi connectivity index (χ2v) is 6.73. The summed E-state index contributed by atoms with van der Waals surface area (Å²) in [6.07, 6.45) is 1.54. The van der Waals surface area contributed by atoms with E-state index in [0.29, 0.717) is 50.2 Å². The summed E-state index contributed by atoms with van der Waals surface area (Å²) < 4.78 is 16.3. The molecule has 2 aliphatic heterocycles. The number of hydrogen-bond acceptors (Lipinski definition) is 6. The molecule has 0 spiro atoms. The molecule has 3 N–H and O–H groups in total. The lowest BCUT2D eigenvalue weighted by Gasteiger charge is -2.30. The first-order chi connectivity index (χ1) is 13.1. The normalized spacial score (nSPS) is 17.9. The molecule has 1 aromatic rings. The average molecular weight is 377 g/mol. The van der Waals surface area contributed by atoms with Gasteiger partial charge in [-0.3, -0.25) is 9.59 Å². The van der Waals surface area contributed by atoms with Gasteiger partial charge in [0.05, 0.1) is 12.6 Å². The predicted octanol–water partition coefficient (Wildman–Crippen LogP) is 0.999. The smallest absolute Gasteiger partial charge is 0.243 e. The zero-order valence-electron chi connectivity index (χ0n) is 15.6. The molecule has 1 saturated heterocycles. The molecule has 2 heterocycles. The number of nitrogens with one attached hydrogen (secondary N) is 1. The molecule has 8 heteroatoms. The molecule has 0 aliphatic carbocycles. The van der Waals surface area contributed by atoms with Crippen molar-refractivity contribution in [3.63, 3.8) is 0 Å². The van der Waals surface area contributed by atoms with Crippen molar-refractivity contribution in [3.8, 4) is 11.5 Å². The third-order valence-electron chi connectivity index (χ3n) is 4.91. The van der Waals surface area contributed by atoms with Crippen molar-refractivity contribution in [2.45, 2.75) is 25.8 Å². The lowest BCUT2D eigenvalue weighted by atomic mass is 9.91. The maximum atomic E-state index is 12.7. The van der Waals surface area contributed by atoms with Gasteiger partial charge in [0.1, 0.15) is 13.2 Å². The number of carbonyl (C=O) groups excluding carboxylic acids is 2. The van der Waals surface area contributed by atoms with Crippen LogP contribution >= 0.6 is 0 Å². The van der Waals surface area contributed by atoms with Crippen molar-refractivity contribution in [2.75, 3.05) is 44.8 Å². The minimum absolute atomic E-state index is 0.0410.